The summed E-state index contributed by atoms with van der Waals surface area (Å²) in [6, 6.07) is 93.9. The number of halogens is 2. The van der Waals surface area contributed by atoms with E-state index in [1.807, 2.05) is 164 Å². The van der Waals surface area contributed by atoms with Crippen molar-refractivity contribution < 1.29 is 28.8 Å². The molecular weight excluding hydrogens is 1190 g/mol. The number of carbonyl (C=O) groups excluding carboxylic acids is 6. The molecule has 0 spiro atoms. The van der Waals surface area contributed by atoms with Gasteiger partial charge in [0.25, 0.3) is 9.39 Å². The predicted molar refractivity (Wildman–Crippen MR) is 358 cm³/mol. The number of allylic oxidation sites excluding steroid dienone is 4. The second-order valence-electron chi connectivity index (χ2n) is 20.9. The Morgan fingerprint density at radius 1 is 0.267 bits per heavy atom. The highest BCUT2D eigenvalue weighted by Gasteiger charge is 2.40. The minimum absolute atomic E-state index is 0.114. The van der Waals surface area contributed by atoms with Gasteiger partial charge in [-0.25, -0.2) is 0 Å². The van der Waals surface area contributed by atoms with Crippen LogP contribution in [0.15, 0.2) is 279 Å². The lowest BCUT2D eigenvalue weighted by Crippen LogP contribution is -2.06. The summed E-state index contributed by atoms with van der Waals surface area (Å²) in [5.74, 6) is -0.390. The molecule has 8 heteroatoms. The predicted octanol–water partition coefficient (Wildman–Crippen LogP) is 18.6. The largest absolute Gasteiger partial charge is 0.299 e. The lowest BCUT2D eigenvalue weighted by Gasteiger charge is -2.11. The Hall–Kier alpha value is -10.1. The first kappa shape index (κ1) is 56.4. The summed E-state index contributed by atoms with van der Waals surface area (Å²) >= 11 is 4.81. The summed E-state index contributed by atoms with van der Waals surface area (Å²) in [4.78, 5) is 69.0. The fourth-order valence-corrected chi connectivity index (χ4v) is 11.9. The molecule has 0 N–H and O–H groups in total. The number of hydrogen-bond acceptors (Lipinski definition) is 6. The summed E-state index contributed by atoms with van der Waals surface area (Å²) in [6.07, 6.45) is 1.05. The zero-order valence-electron chi connectivity index (χ0n) is 46.2. The second-order valence-corrected chi connectivity index (χ2v) is 22.3. The van der Waals surface area contributed by atoms with E-state index in [2.05, 4.69) is 141 Å². The number of hydrogen-bond donors (Lipinski definition) is 0. The van der Waals surface area contributed by atoms with E-state index in [9.17, 15) is 28.8 Å². The zero-order chi connectivity index (χ0) is 59.3. The van der Waals surface area contributed by atoms with Gasteiger partial charge in [-0.3, -0.25) is 28.8 Å². The van der Waals surface area contributed by atoms with Crippen LogP contribution in [0.1, 0.15) is 54.1 Å². The molecule has 0 aliphatic heterocycles. The van der Waals surface area contributed by atoms with Gasteiger partial charge in [-0.1, -0.05) is 267 Å². The minimum Gasteiger partial charge on any atom is -0.299 e. The van der Waals surface area contributed by atoms with Crippen molar-refractivity contribution in [1.82, 2.24) is 0 Å². The Morgan fingerprint density at radius 3 is 1.03 bits per heavy atom. The van der Waals surface area contributed by atoms with Crippen LogP contribution in [0.5, 0.6) is 0 Å². The Kier molecular flexibility index (Phi) is 16.4. The van der Waals surface area contributed by atoms with E-state index in [1.54, 1.807) is 6.07 Å². The number of carbonyl (C=O) groups is 6. The van der Waals surface area contributed by atoms with Crippen molar-refractivity contribution in [1.29, 1.82) is 0 Å². The van der Waals surface area contributed by atoms with E-state index < -0.39 is 9.39 Å². The van der Waals surface area contributed by atoms with Crippen LogP contribution in [0.2, 0.25) is 0 Å². The molecule has 0 unspecified atom stereocenters. The summed E-state index contributed by atoms with van der Waals surface area (Å²) < 4.78 is -1.30. The highest BCUT2D eigenvalue weighted by molar-refractivity contribution is 9.24. The zero-order valence-corrected chi connectivity index (χ0v) is 49.3. The molecule has 6 nitrogen and oxygen atoms in total. The van der Waals surface area contributed by atoms with Crippen LogP contribution >= 0.6 is 31.9 Å². The van der Waals surface area contributed by atoms with Crippen LogP contribution in [0, 0.1) is 0 Å². The van der Waals surface area contributed by atoms with Crippen molar-refractivity contribution in [2.45, 2.75) is 12.8 Å². The molecule has 3 aliphatic carbocycles. The normalized spacial score (nSPS) is 12.5. The topological polar surface area (TPSA) is 102 Å². The molecule has 0 atom stereocenters. The maximum Gasteiger partial charge on any atom is 0.275 e. The Balaban J connectivity index is 0.000000115. The van der Waals surface area contributed by atoms with Crippen LogP contribution in [0.25, 0.3) is 86.9 Å². The van der Waals surface area contributed by atoms with Gasteiger partial charge in [0.2, 0.25) is 11.6 Å². The Labute approximate surface area is 513 Å². The van der Waals surface area contributed by atoms with Gasteiger partial charge < -0.3 is 0 Å². The fourth-order valence-electron chi connectivity index (χ4n) is 11.9. The average Bonchev–Trinajstić information content (AvgIpc) is 1.59. The third-order valence-electron chi connectivity index (χ3n) is 15.6. The third kappa shape index (κ3) is 11.2. The average molecular weight is 1240 g/mol. The molecule has 0 saturated carbocycles. The quantitative estimate of drug-likeness (QED) is 0.0895. The van der Waals surface area contributed by atoms with Crippen LogP contribution in [0.3, 0.4) is 0 Å². The summed E-state index contributed by atoms with van der Waals surface area (Å²) in [7, 11) is 0. The van der Waals surface area contributed by atoms with Crippen LogP contribution in [-0.2, 0) is 32.0 Å². The smallest absolute Gasteiger partial charge is 0.275 e. The number of rotatable bonds is 7. The SMILES string of the molecule is O=C(Br)C(=O)Br.O=C(Cc1ccccc1)Cc1ccccc1.O=C1C(=O)c2cc3ccccc3c3cccc1c23.O=C1C(c2ccccc2)=C2C(=C1c1ccccc1)c1cc3ccccc3c3cccc2c13.c1ccc2c(c1)ccc1ccccc12. The maximum absolute atomic E-state index is 14.0. The monoisotopic (exact) mass is 1240 g/mol. The Morgan fingerprint density at radius 2 is 0.593 bits per heavy atom. The molecule has 412 valence electrons. The second kappa shape index (κ2) is 25.0. The molecule has 0 aromatic heterocycles. The van der Waals surface area contributed by atoms with Crippen molar-refractivity contribution in [2.75, 3.05) is 0 Å². The first-order valence-electron chi connectivity index (χ1n) is 28.0. The van der Waals surface area contributed by atoms with Gasteiger partial charge in [0.05, 0.1) is 0 Å². The molecule has 0 fully saturated rings. The molecule has 0 amide bonds. The first-order valence-corrected chi connectivity index (χ1v) is 29.6. The van der Waals surface area contributed by atoms with Crippen molar-refractivity contribution in [3.05, 3.63) is 324 Å². The lowest BCUT2D eigenvalue weighted by atomic mass is 9.91. The molecule has 13 aromatic rings. The molecule has 0 bridgehead atoms. The van der Waals surface area contributed by atoms with Gasteiger partial charge in [0.1, 0.15) is 5.78 Å². The van der Waals surface area contributed by atoms with Gasteiger partial charge in [-0.05, 0) is 105 Å². The highest BCUT2D eigenvalue weighted by atomic mass is 79.9. The third-order valence-corrected chi connectivity index (χ3v) is 16.9. The van der Waals surface area contributed by atoms with E-state index in [1.165, 1.54) is 48.7 Å². The van der Waals surface area contributed by atoms with Crippen molar-refractivity contribution >= 4 is 151 Å². The number of benzene rings is 13. The molecule has 0 saturated heterocycles. The van der Waals surface area contributed by atoms with E-state index >= 15 is 0 Å². The molecule has 16 rings (SSSR count). The Bertz CT molecular complexity index is 4820. The van der Waals surface area contributed by atoms with Crippen molar-refractivity contribution in [3.8, 4) is 0 Å². The molecule has 3 aliphatic rings. The van der Waals surface area contributed by atoms with E-state index in [0.29, 0.717) is 24.0 Å². The fraction of sp³-hybridized carbons (Fsp3) is 0.0256. The standard InChI is InChI=1S/C31H18O.C16H8O2.C15H14O.C14H10.C2Br2O2/c32-31-26(19-10-3-1-4-11-19)29-24-17-9-16-23-22-15-8-7-14-21(22)18-25(28(23)24)30(29)27(31)20-12-5-2-6-13-20;17-15-12-7-3-6-11-10-5-2-1-4-9(10)8-13(14(11)12)16(15)18;16-15(11-13-7-3-1-4-8-13)12-14-9-5-2-6-10-14;1-3-7-13-11(5-1)9-10-12-6-2-4-8-14(12)13;3-1(5)2(4)6/h1-18H;1-8H;1-10H,11-12H2;1-10H;. The van der Waals surface area contributed by atoms with Crippen molar-refractivity contribution in [2.24, 2.45) is 0 Å². The van der Waals surface area contributed by atoms with Crippen molar-refractivity contribution in [3.63, 3.8) is 0 Å². The molecule has 0 heterocycles. The highest BCUT2D eigenvalue weighted by Crippen LogP contribution is 2.57. The van der Waals surface area contributed by atoms with E-state index in [4.69, 9.17) is 0 Å². The van der Waals surface area contributed by atoms with E-state index in [-0.39, 0.29) is 23.1 Å². The van der Waals surface area contributed by atoms with Crippen LogP contribution in [-0.4, -0.2) is 32.5 Å². The van der Waals surface area contributed by atoms with Gasteiger partial charge in [-0.2, -0.15) is 0 Å². The summed E-state index contributed by atoms with van der Waals surface area (Å²) in [6.45, 7) is 0. The van der Waals surface area contributed by atoms with Gasteiger partial charge in [-0.15, -0.1) is 0 Å². The summed E-state index contributed by atoms with van der Waals surface area (Å²) in [5.41, 5.74) is 11.3. The molecular formula is C78H50Br2O6. The molecule has 13 aromatic carbocycles. The number of Topliss-reactive ketones (excluding diaryl/α,β-unsaturated/α-hetero) is 4. The molecule has 86 heavy (non-hydrogen) atoms. The summed E-state index contributed by atoms with van der Waals surface area (Å²) in [5, 5.41) is 14.1. The van der Waals surface area contributed by atoms with E-state index in [0.717, 1.165) is 71.7 Å². The van der Waals surface area contributed by atoms with Gasteiger partial charge in [0, 0.05) is 83.5 Å². The number of fused-ring (bicyclic) bond motifs is 10. The van der Waals surface area contributed by atoms with Crippen LogP contribution in [0.4, 0.5) is 0 Å². The first-order chi connectivity index (χ1) is 42.0. The molecule has 0 radical (unpaired) electrons. The number of ketones is 4. The lowest BCUT2D eigenvalue weighted by molar-refractivity contribution is -0.125. The maximum atomic E-state index is 14.0. The van der Waals surface area contributed by atoms with Gasteiger partial charge >= 0.3 is 0 Å². The van der Waals surface area contributed by atoms with Crippen LogP contribution < -0.4 is 0 Å². The van der Waals surface area contributed by atoms with Gasteiger partial charge in [0.15, 0.2) is 5.78 Å². The minimum atomic E-state index is -0.650.